The Balaban J connectivity index is 1.65. The SMILES string of the molecule is Cc1ccc2nc(SCc3nc4c(Br)cc(Br)cc4c(=O)[nH]3)[nH]c2c1. The molecule has 0 aliphatic heterocycles. The number of nitrogens with zero attached hydrogens (tertiary/aromatic N) is 2. The number of H-pyrrole nitrogens is 2. The number of rotatable bonds is 3. The second-order valence-electron chi connectivity index (χ2n) is 5.65. The molecule has 0 bridgehead atoms. The van der Waals surface area contributed by atoms with E-state index in [9.17, 15) is 4.79 Å². The van der Waals surface area contributed by atoms with Crippen molar-refractivity contribution in [1.82, 2.24) is 19.9 Å². The molecule has 126 valence electrons. The van der Waals surface area contributed by atoms with Gasteiger partial charge in [-0.1, -0.05) is 33.8 Å². The van der Waals surface area contributed by atoms with Crippen LogP contribution in [-0.2, 0) is 5.75 Å². The summed E-state index contributed by atoms with van der Waals surface area (Å²) in [7, 11) is 0. The maximum atomic E-state index is 12.3. The van der Waals surface area contributed by atoms with Crippen LogP contribution in [0, 0.1) is 6.92 Å². The van der Waals surface area contributed by atoms with Crippen molar-refractivity contribution in [3.05, 3.63) is 61.0 Å². The van der Waals surface area contributed by atoms with Gasteiger partial charge in [-0.3, -0.25) is 4.79 Å². The Morgan fingerprint density at radius 1 is 1.12 bits per heavy atom. The number of aromatic nitrogens is 4. The lowest BCUT2D eigenvalue weighted by Gasteiger charge is -2.04. The Morgan fingerprint density at radius 3 is 2.80 bits per heavy atom. The van der Waals surface area contributed by atoms with Gasteiger partial charge in [0.25, 0.3) is 5.56 Å². The molecular weight excluding hydrogens is 468 g/mol. The number of aromatic amines is 2. The third-order valence-electron chi connectivity index (χ3n) is 3.74. The van der Waals surface area contributed by atoms with Gasteiger partial charge in [0, 0.05) is 8.95 Å². The Kier molecular flexibility index (Phi) is 4.43. The Bertz CT molecular complexity index is 1170. The molecule has 0 radical (unpaired) electrons. The van der Waals surface area contributed by atoms with E-state index in [-0.39, 0.29) is 5.56 Å². The van der Waals surface area contributed by atoms with Crippen LogP contribution >= 0.6 is 43.6 Å². The number of nitrogens with one attached hydrogen (secondary N) is 2. The first kappa shape index (κ1) is 16.8. The predicted molar refractivity (Wildman–Crippen MR) is 108 cm³/mol. The van der Waals surface area contributed by atoms with Gasteiger partial charge in [-0.05, 0) is 52.7 Å². The molecule has 0 saturated heterocycles. The highest BCUT2D eigenvalue weighted by molar-refractivity contribution is 9.11. The molecule has 0 amide bonds. The van der Waals surface area contributed by atoms with E-state index in [2.05, 4.69) is 57.9 Å². The van der Waals surface area contributed by atoms with Crippen LogP contribution in [0.15, 0.2) is 49.2 Å². The number of imidazole rings is 1. The highest BCUT2D eigenvalue weighted by Crippen LogP contribution is 2.27. The maximum Gasteiger partial charge on any atom is 0.258 e. The van der Waals surface area contributed by atoms with Crippen LogP contribution in [0.4, 0.5) is 0 Å². The number of hydrogen-bond acceptors (Lipinski definition) is 4. The summed E-state index contributed by atoms with van der Waals surface area (Å²) in [4.78, 5) is 27.6. The molecule has 0 saturated carbocycles. The first-order valence-electron chi connectivity index (χ1n) is 7.47. The first-order valence-corrected chi connectivity index (χ1v) is 10.0. The Labute approximate surface area is 163 Å². The van der Waals surface area contributed by atoms with Gasteiger partial charge in [0.05, 0.1) is 27.7 Å². The molecule has 2 aromatic heterocycles. The predicted octanol–water partition coefficient (Wildman–Crippen LogP) is 4.93. The van der Waals surface area contributed by atoms with Gasteiger partial charge in [-0.15, -0.1) is 0 Å². The molecule has 0 atom stereocenters. The Hall–Kier alpha value is -1.64. The summed E-state index contributed by atoms with van der Waals surface area (Å²) >= 11 is 8.37. The van der Waals surface area contributed by atoms with Crippen LogP contribution in [0.2, 0.25) is 0 Å². The molecule has 8 heteroatoms. The molecule has 4 aromatic rings. The highest BCUT2D eigenvalue weighted by Gasteiger charge is 2.10. The average molecular weight is 480 g/mol. The van der Waals surface area contributed by atoms with E-state index >= 15 is 0 Å². The van der Waals surface area contributed by atoms with Crippen molar-refractivity contribution in [2.75, 3.05) is 0 Å². The van der Waals surface area contributed by atoms with E-state index in [0.29, 0.717) is 22.5 Å². The molecule has 25 heavy (non-hydrogen) atoms. The van der Waals surface area contributed by atoms with Gasteiger partial charge in [0.2, 0.25) is 0 Å². The van der Waals surface area contributed by atoms with Gasteiger partial charge in [0.15, 0.2) is 5.16 Å². The monoisotopic (exact) mass is 478 g/mol. The van der Waals surface area contributed by atoms with Gasteiger partial charge < -0.3 is 9.97 Å². The lowest BCUT2D eigenvalue weighted by molar-refractivity contribution is 1.02. The minimum absolute atomic E-state index is 0.150. The zero-order valence-corrected chi connectivity index (χ0v) is 17.0. The summed E-state index contributed by atoms with van der Waals surface area (Å²) in [5.41, 5.74) is 3.63. The fraction of sp³-hybridized carbons (Fsp3) is 0.118. The van der Waals surface area contributed by atoms with Gasteiger partial charge in [-0.25, -0.2) is 9.97 Å². The second-order valence-corrected chi connectivity index (χ2v) is 8.38. The fourth-order valence-electron chi connectivity index (χ4n) is 2.59. The molecule has 0 spiro atoms. The lowest BCUT2D eigenvalue weighted by atomic mass is 10.2. The summed E-state index contributed by atoms with van der Waals surface area (Å²) in [6.45, 7) is 2.05. The summed E-state index contributed by atoms with van der Waals surface area (Å²) in [6, 6.07) is 9.75. The summed E-state index contributed by atoms with van der Waals surface area (Å²) in [6.07, 6.45) is 0. The molecule has 4 rings (SSSR count). The zero-order valence-electron chi connectivity index (χ0n) is 13.1. The molecule has 0 aliphatic carbocycles. The second kappa shape index (κ2) is 6.59. The Morgan fingerprint density at radius 2 is 1.96 bits per heavy atom. The molecule has 5 nitrogen and oxygen atoms in total. The molecular formula is C17H12Br2N4OS. The van der Waals surface area contributed by atoms with E-state index in [1.54, 1.807) is 6.07 Å². The van der Waals surface area contributed by atoms with E-state index in [4.69, 9.17) is 0 Å². The summed E-state index contributed by atoms with van der Waals surface area (Å²) in [5.74, 6) is 1.13. The number of benzene rings is 2. The molecule has 2 N–H and O–H groups in total. The van der Waals surface area contributed by atoms with Crippen molar-refractivity contribution >= 4 is 65.6 Å². The number of thioether (sulfide) groups is 1. The number of hydrogen-bond donors (Lipinski definition) is 2. The van der Waals surface area contributed by atoms with Crippen molar-refractivity contribution in [1.29, 1.82) is 0 Å². The van der Waals surface area contributed by atoms with E-state index in [1.807, 2.05) is 25.1 Å². The molecule has 0 aliphatic rings. The van der Waals surface area contributed by atoms with Crippen molar-refractivity contribution in [3.63, 3.8) is 0 Å². The maximum absolute atomic E-state index is 12.3. The normalized spacial score (nSPS) is 11.5. The number of fused-ring (bicyclic) bond motifs is 2. The van der Waals surface area contributed by atoms with E-state index < -0.39 is 0 Å². The molecule has 0 fully saturated rings. The highest BCUT2D eigenvalue weighted by atomic mass is 79.9. The van der Waals surface area contributed by atoms with E-state index in [1.165, 1.54) is 17.3 Å². The third kappa shape index (κ3) is 3.38. The van der Waals surface area contributed by atoms with Gasteiger partial charge in [0.1, 0.15) is 5.82 Å². The average Bonchev–Trinajstić information content (AvgIpc) is 2.96. The molecule has 0 unspecified atom stereocenters. The van der Waals surface area contributed by atoms with Crippen molar-refractivity contribution in [2.45, 2.75) is 17.8 Å². The largest absolute Gasteiger partial charge is 0.333 e. The summed E-state index contributed by atoms with van der Waals surface area (Å²) < 4.78 is 1.62. The topological polar surface area (TPSA) is 74.4 Å². The quantitative estimate of drug-likeness (QED) is 0.409. The van der Waals surface area contributed by atoms with Crippen LogP contribution in [0.25, 0.3) is 21.9 Å². The number of aryl methyl sites for hydroxylation is 1. The van der Waals surface area contributed by atoms with E-state index in [0.717, 1.165) is 25.1 Å². The van der Waals surface area contributed by atoms with Crippen LogP contribution in [-0.4, -0.2) is 19.9 Å². The molecule has 2 aromatic carbocycles. The third-order valence-corrected chi connectivity index (χ3v) is 5.69. The minimum atomic E-state index is -0.150. The first-order chi connectivity index (χ1) is 12.0. The van der Waals surface area contributed by atoms with Crippen LogP contribution in [0.3, 0.4) is 0 Å². The van der Waals surface area contributed by atoms with Crippen molar-refractivity contribution in [2.24, 2.45) is 0 Å². The van der Waals surface area contributed by atoms with Gasteiger partial charge >= 0.3 is 0 Å². The smallest absolute Gasteiger partial charge is 0.258 e. The minimum Gasteiger partial charge on any atom is -0.333 e. The van der Waals surface area contributed by atoms with Crippen LogP contribution < -0.4 is 5.56 Å². The zero-order chi connectivity index (χ0) is 17.6. The van der Waals surface area contributed by atoms with Crippen molar-refractivity contribution in [3.8, 4) is 0 Å². The van der Waals surface area contributed by atoms with Crippen LogP contribution in [0.1, 0.15) is 11.4 Å². The van der Waals surface area contributed by atoms with Crippen molar-refractivity contribution < 1.29 is 0 Å². The molecule has 2 heterocycles. The lowest BCUT2D eigenvalue weighted by Crippen LogP contribution is -2.11. The summed E-state index contributed by atoms with van der Waals surface area (Å²) in [5, 5.41) is 1.35. The number of halogens is 2. The van der Waals surface area contributed by atoms with Gasteiger partial charge in [-0.2, -0.15) is 0 Å². The van der Waals surface area contributed by atoms with Crippen LogP contribution in [0.5, 0.6) is 0 Å². The standard InChI is InChI=1S/C17H12Br2N4OS/c1-8-2-3-12-13(4-8)21-17(20-12)25-7-14-22-15-10(16(24)23-14)5-9(18)6-11(15)19/h2-6H,7H2,1H3,(H,20,21)(H,22,23,24). The fourth-order valence-corrected chi connectivity index (χ4v) is 4.66.